The number of rotatable bonds is 5. The van der Waals surface area contributed by atoms with E-state index in [2.05, 4.69) is 15.5 Å². The van der Waals surface area contributed by atoms with Crippen molar-refractivity contribution in [1.29, 1.82) is 0 Å². The Morgan fingerprint density at radius 2 is 2.11 bits per heavy atom. The molecule has 2 rings (SSSR count). The Kier molecular flexibility index (Phi) is 5.09. The predicted molar refractivity (Wildman–Crippen MR) is 72.2 cm³/mol. The summed E-state index contributed by atoms with van der Waals surface area (Å²) in [6.07, 6.45) is 3.36. The number of aromatic nitrogens is 2. The van der Waals surface area contributed by atoms with Crippen molar-refractivity contribution in [2.45, 2.75) is 19.3 Å². The molecule has 1 aromatic rings. The van der Waals surface area contributed by atoms with Crippen molar-refractivity contribution in [2.24, 2.45) is 0 Å². The molecule has 1 aliphatic rings. The van der Waals surface area contributed by atoms with Crippen molar-refractivity contribution in [3.05, 3.63) is 17.8 Å². The van der Waals surface area contributed by atoms with Gasteiger partial charge in [0.2, 0.25) is 0 Å². The zero-order chi connectivity index (χ0) is 13.5. The zero-order valence-corrected chi connectivity index (χ0v) is 11.3. The normalized spacial score (nSPS) is 15.3. The van der Waals surface area contributed by atoms with E-state index in [1.807, 2.05) is 4.90 Å². The highest BCUT2D eigenvalue weighted by Crippen LogP contribution is 2.12. The lowest BCUT2D eigenvalue weighted by Crippen LogP contribution is -2.36. The lowest BCUT2D eigenvalue weighted by Gasteiger charge is -2.26. The highest BCUT2D eigenvalue weighted by atomic mass is 16.5. The molecule has 1 saturated heterocycles. The van der Waals surface area contributed by atoms with Gasteiger partial charge in [-0.1, -0.05) is 0 Å². The quantitative estimate of drug-likeness (QED) is 0.808. The number of ether oxygens (including phenoxy) is 1. The Labute approximate surface area is 113 Å². The largest absolute Gasteiger partial charge is 0.383 e. The SMILES string of the molecule is COCCNc1ccc(C(=O)N2CCCCC2)nn1. The van der Waals surface area contributed by atoms with Crippen LogP contribution in [0.15, 0.2) is 12.1 Å². The number of methoxy groups -OCH3 is 1. The summed E-state index contributed by atoms with van der Waals surface area (Å²) in [6, 6.07) is 3.50. The van der Waals surface area contributed by atoms with E-state index in [1.54, 1.807) is 19.2 Å². The van der Waals surface area contributed by atoms with Gasteiger partial charge >= 0.3 is 0 Å². The average molecular weight is 264 g/mol. The summed E-state index contributed by atoms with van der Waals surface area (Å²) in [6.45, 7) is 2.93. The molecule has 104 valence electrons. The monoisotopic (exact) mass is 264 g/mol. The Morgan fingerprint density at radius 3 is 2.74 bits per heavy atom. The first-order valence-electron chi connectivity index (χ1n) is 6.67. The van der Waals surface area contributed by atoms with Gasteiger partial charge in [0.15, 0.2) is 5.69 Å². The van der Waals surface area contributed by atoms with E-state index >= 15 is 0 Å². The first kappa shape index (κ1) is 13.7. The molecule has 1 amide bonds. The Hall–Kier alpha value is -1.69. The fourth-order valence-corrected chi connectivity index (χ4v) is 2.08. The van der Waals surface area contributed by atoms with Crippen molar-refractivity contribution in [2.75, 3.05) is 38.7 Å². The van der Waals surface area contributed by atoms with Crippen molar-refractivity contribution < 1.29 is 9.53 Å². The molecule has 0 aliphatic carbocycles. The minimum atomic E-state index is -0.0179. The van der Waals surface area contributed by atoms with Crippen LogP contribution in [0.2, 0.25) is 0 Å². The molecule has 19 heavy (non-hydrogen) atoms. The van der Waals surface area contributed by atoms with Gasteiger partial charge in [-0.3, -0.25) is 4.79 Å². The van der Waals surface area contributed by atoms with Crippen LogP contribution in [0.4, 0.5) is 5.82 Å². The van der Waals surface area contributed by atoms with E-state index in [-0.39, 0.29) is 5.91 Å². The molecule has 6 nitrogen and oxygen atoms in total. The van der Waals surface area contributed by atoms with Gasteiger partial charge in [-0.25, -0.2) is 0 Å². The first-order chi connectivity index (χ1) is 9.31. The van der Waals surface area contributed by atoms with Crippen LogP contribution in [0.1, 0.15) is 29.8 Å². The van der Waals surface area contributed by atoms with Crippen LogP contribution in [0.3, 0.4) is 0 Å². The van der Waals surface area contributed by atoms with Crippen molar-refractivity contribution >= 4 is 11.7 Å². The van der Waals surface area contributed by atoms with Crippen LogP contribution in [0.5, 0.6) is 0 Å². The molecule has 0 aromatic carbocycles. The summed E-state index contributed by atoms with van der Waals surface area (Å²) < 4.78 is 4.93. The maximum atomic E-state index is 12.2. The molecule has 0 atom stereocenters. The Balaban J connectivity index is 1.91. The molecule has 1 aliphatic heterocycles. The third-order valence-electron chi connectivity index (χ3n) is 3.14. The molecule has 0 unspecified atom stereocenters. The molecule has 0 bridgehead atoms. The highest BCUT2D eigenvalue weighted by molar-refractivity contribution is 5.92. The topological polar surface area (TPSA) is 67.3 Å². The van der Waals surface area contributed by atoms with Crippen LogP contribution in [-0.4, -0.2) is 54.4 Å². The fourth-order valence-electron chi connectivity index (χ4n) is 2.08. The minimum absolute atomic E-state index is 0.0179. The van der Waals surface area contributed by atoms with Gasteiger partial charge in [0.05, 0.1) is 6.61 Å². The van der Waals surface area contributed by atoms with Crippen LogP contribution < -0.4 is 5.32 Å². The minimum Gasteiger partial charge on any atom is -0.383 e. The predicted octanol–water partition coefficient (Wildman–Crippen LogP) is 1.16. The number of amides is 1. The lowest BCUT2D eigenvalue weighted by atomic mass is 10.1. The van der Waals surface area contributed by atoms with Crippen molar-refractivity contribution in [1.82, 2.24) is 15.1 Å². The molecule has 0 radical (unpaired) electrons. The number of carbonyl (C=O) groups excluding carboxylic acids is 1. The fraction of sp³-hybridized carbons (Fsp3) is 0.615. The van der Waals surface area contributed by atoms with E-state index in [0.717, 1.165) is 25.9 Å². The van der Waals surface area contributed by atoms with Crippen molar-refractivity contribution in [3.8, 4) is 0 Å². The van der Waals surface area contributed by atoms with E-state index in [0.29, 0.717) is 24.7 Å². The van der Waals surface area contributed by atoms with Crippen LogP contribution in [0, 0.1) is 0 Å². The standard InChI is InChI=1S/C13H20N4O2/c1-19-10-7-14-12-6-5-11(15-16-12)13(18)17-8-3-2-4-9-17/h5-6H,2-4,7-10H2,1H3,(H,14,16). The number of hydrogen-bond donors (Lipinski definition) is 1. The number of likely N-dealkylation sites (tertiary alicyclic amines) is 1. The molecular formula is C13H20N4O2. The first-order valence-corrected chi connectivity index (χ1v) is 6.67. The molecule has 0 spiro atoms. The Morgan fingerprint density at radius 1 is 1.32 bits per heavy atom. The second-order valence-electron chi connectivity index (χ2n) is 4.58. The number of nitrogens with one attached hydrogen (secondary N) is 1. The summed E-state index contributed by atoms with van der Waals surface area (Å²) in [5.74, 6) is 0.642. The summed E-state index contributed by atoms with van der Waals surface area (Å²) >= 11 is 0. The van der Waals surface area contributed by atoms with Gasteiger partial charge in [-0.05, 0) is 31.4 Å². The van der Waals surface area contributed by atoms with E-state index in [1.165, 1.54) is 6.42 Å². The van der Waals surface area contributed by atoms with Gasteiger partial charge in [-0.2, -0.15) is 0 Å². The van der Waals surface area contributed by atoms with Crippen molar-refractivity contribution in [3.63, 3.8) is 0 Å². The number of piperidine rings is 1. The number of hydrogen-bond acceptors (Lipinski definition) is 5. The summed E-state index contributed by atoms with van der Waals surface area (Å²) in [5.41, 5.74) is 0.416. The van der Waals surface area contributed by atoms with E-state index in [9.17, 15) is 4.79 Å². The number of anilines is 1. The maximum absolute atomic E-state index is 12.2. The van der Waals surface area contributed by atoms with E-state index < -0.39 is 0 Å². The molecule has 6 heteroatoms. The zero-order valence-electron chi connectivity index (χ0n) is 11.3. The number of nitrogens with zero attached hydrogens (tertiary/aromatic N) is 3. The van der Waals surface area contributed by atoms with Gasteiger partial charge in [0.1, 0.15) is 5.82 Å². The third-order valence-corrected chi connectivity index (χ3v) is 3.14. The van der Waals surface area contributed by atoms with Crippen LogP contribution in [-0.2, 0) is 4.74 Å². The summed E-state index contributed by atoms with van der Waals surface area (Å²) in [5, 5.41) is 11.1. The molecule has 2 heterocycles. The second kappa shape index (κ2) is 7.04. The number of carbonyl (C=O) groups is 1. The average Bonchev–Trinajstić information content (AvgIpc) is 2.48. The maximum Gasteiger partial charge on any atom is 0.274 e. The molecule has 1 aromatic heterocycles. The Bertz CT molecular complexity index is 402. The smallest absolute Gasteiger partial charge is 0.274 e. The molecule has 0 saturated carbocycles. The summed E-state index contributed by atoms with van der Waals surface area (Å²) in [4.78, 5) is 14.0. The van der Waals surface area contributed by atoms with Gasteiger partial charge in [-0.15, -0.1) is 10.2 Å². The third kappa shape index (κ3) is 3.89. The molecule has 1 fully saturated rings. The molecular weight excluding hydrogens is 244 g/mol. The van der Waals surface area contributed by atoms with Gasteiger partial charge < -0.3 is 15.0 Å². The van der Waals surface area contributed by atoms with Gasteiger partial charge in [0, 0.05) is 26.7 Å². The van der Waals surface area contributed by atoms with E-state index in [4.69, 9.17) is 4.74 Å². The highest BCUT2D eigenvalue weighted by Gasteiger charge is 2.19. The lowest BCUT2D eigenvalue weighted by molar-refractivity contribution is 0.0717. The van der Waals surface area contributed by atoms with Crippen LogP contribution >= 0.6 is 0 Å². The summed E-state index contributed by atoms with van der Waals surface area (Å²) in [7, 11) is 1.65. The molecule has 1 N–H and O–H groups in total. The van der Waals surface area contributed by atoms with Crippen LogP contribution in [0.25, 0.3) is 0 Å². The second-order valence-corrected chi connectivity index (χ2v) is 4.58. The van der Waals surface area contributed by atoms with Gasteiger partial charge in [0.25, 0.3) is 5.91 Å².